The van der Waals surface area contributed by atoms with E-state index in [0.717, 1.165) is 72.0 Å². The predicted octanol–water partition coefficient (Wildman–Crippen LogP) is 8.11. The Balaban J connectivity index is 1.30. The number of carboxylic acids is 1. The number of halogens is 1. The molecule has 1 aromatic heterocycles. The van der Waals surface area contributed by atoms with Crippen LogP contribution in [0.2, 0.25) is 5.02 Å². The monoisotopic (exact) mass is 575 g/mol. The number of aliphatic hydroxyl groups is 1. The number of rotatable bonds is 12. The lowest BCUT2D eigenvalue weighted by atomic mass is 9.86. The van der Waals surface area contributed by atoms with Crippen LogP contribution in [0.15, 0.2) is 78.9 Å². The molecule has 1 saturated carbocycles. The summed E-state index contributed by atoms with van der Waals surface area (Å²) in [5.41, 5.74) is 4.23. The molecule has 1 atom stereocenters. The van der Waals surface area contributed by atoms with Crippen LogP contribution in [-0.2, 0) is 23.4 Å². The van der Waals surface area contributed by atoms with Gasteiger partial charge in [-0.2, -0.15) is 11.8 Å². The molecule has 0 spiro atoms. The third kappa shape index (κ3) is 7.17. The average molecular weight is 576 g/mol. The molecule has 3 aromatic carbocycles. The van der Waals surface area contributed by atoms with E-state index in [1.54, 1.807) is 11.8 Å². The molecule has 7 heteroatoms. The maximum absolute atomic E-state index is 11.3. The minimum Gasteiger partial charge on any atom is -0.487 e. The molecule has 4 aromatic rings. The van der Waals surface area contributed by atoms with E-state index in [1.165, 1.54) is 5.56 Å². The Morgan fingerprint density at radius 2 is 1.82 bits per heavy atom. The zero-order valence-corrected chi connectivity index (χ0v) is 24.0. The van der Waals surface area contributed by atoms with Crippen molar-refractivity contribution in [3.8, 4) is 5.75 Å². The summed E-state index contributed by atoms with van der Waals surface area (Å²) in [7, 11) is 0. The Bertz CT molecular complexity index is 1470. The van der Waals surface area contributed by atoms with Crippen LogP contribution in [0.4, 0.5) is 0 Å². The van der Waals surface area contributed by atoms with Gasteiger partial charge in [0.25, 0.3) is 0 Å². The van der Waals surface area contributed by atoms with Crippen LogP contribution in [0, 0.1) is 0 Å². The predicted molar refractivity (Wildman–Crippen MR) is 162 cm³/mol. The summed E-state index contributed by atoms with van der Waals surface area (Å²) in [5, 5.41) is 22.3. The summed E-state index contributed by atoms with van der Waals surface area (Å²) in [6.07, 6.45) is 5.46. The molecule has 1 aliphatic carbocycles. The van der Waals surface area contributed by atoms with Gasteiger partial charge in [0.15, 0.2) is 0 Å². The third-order valence-corrected chi connectivity index (χ3v) is 9.17. The zero-order valence-electron chi connectivity index (χ0n) is 22.4. The number of aryl methyl sites for hydroxylation is 1. The van der Waals surface area contributed by atoms with Gasteiger partial charge in [-0.3, -0.25) is 4.79 Å². The lowest BCUT2D eigenvalue weighted by Crippen LogP contribution is -2.23. The number of ether oxygens (including phenoxy) is 1. The van der Waals surface area contributed by atoms with Crippen molar-refractivity contribution < 1.29 is 19.7 Å². The Morgan fingerprint density at radius 3 is 2.65 bits per heavy atom. The highest BCUT2D eigenvalue weighted by Gasteiger charge is 2.34. The quantitative estimate of drug-likeness (QED) is 0.178. The molecule has 1 heterocycles. The number of aromatic nitrogens is 1. The summed E-state index contributed by atoms with van der Waals surface area (Å²) < 4.78 is 6.14. The van der Waals surface area contributed by atoms with Crippen LogP contribution in [-0.4, -0.2) is 26.9 Å². The van der Waals surface area contributed by atoms with E-state index in [9.17, 15) is 15.0 Å². The highest BCUT2D eigenvalue weighted by Crippen LogP contribution is 2.41. The van der Waals surface area contributed by atoms with Crippen LogP contribution in [0.5, 0.6) is 5.75 Å². The molecule has 40 heavy (non-hydrogen) atoms. The topological polar surface area (TPSA) is 79.7 Å². The highest BCUT2D eigenvalue weighted by molar-refractivity contribution is 7.99. The highest BCUT2D eigenvalue weighted by atomic mass is 35.5. The number of aliphatic carboxylic acids is 1. The minimum atomic E-state index is -0.790. The number of benzene rings is 3. The van der Waals surface area contributed by atoms with Crippen LogP contribution in [0.1, 0.15) is 66.2 Å². The molecule has 5 rings (SSSR count). The largest absolute Gasteiger partial charge is 0.487 e. The first kappa shape index (κ1) is 28.5. The minimum absolute atomic E-state index is 0.0927. The van der Waals surface area contributed by atoms with E-state index in [1.807, 2.05) is 60.7 Å². The van der Waals surface area contributed by atoms with Crippen molar-refractivity contribution in [2.24, 2.45) is 0 Å². The molecule has 208 valence electrons. The molecular formula is C33H34ClNO4S. The SMILES string of the molecule is O=C(O)CCSC(CCc1ccccc1C1(O)CCCC1)c1cccc(OCc2ccc3ccc(Cl)cc3n2)c1. The molecular weight excluding hydrogens is 542 g/mol. The van der Waals surface area contributed by atoms with E-state index >= 15 is 0 Å². The third-order valence-electron chi connectivity index (χ3n) is 7.59. The van der Waals surface area contributed by atoms with E-state index < -0.39 is 11.6 Å². The number of thioether (sulfide) groups is 1. The van der Waals surface area contributed by atoms with Gasteiger partial charge >= 0.3 is 5.97 Å². The number of carboxylic acid groups (broad SMARTS) is 1. The first-order chi connectivity index (χ1) is 19.4. The number of carbonyl (C=O) groups is 1. The fourth-order valence-electron chi connectivity index (χ4n) is 5.52. The van der Waals surface area contributed by atoms with Crippen molar-refractivity contribution in [2.75, 3.05) is 5.75 Å². The van der Waals surface area contributed by atoms with Gasteiger partial charge in [0.05, 0.1) is 23.2 Å². The first-order valence-electron chi connectivity index (χ1n) is 13.8. The van der Waals surface area contributed by atoms with Gasteiger partial charge in [0.1, 0.15) is 12.4 Å². The number of hydrogen-bond donors (Lipinski definition) is 2. The first-order valence-corrected chi connectivity index (χ1v) is 15.2. The number of pyridine rings is 1. The van der Waals surface area contributed by atoms with E-state index in [2.05, 4.69) is 23.2 Å². The van der Waals surface area contributed by atoms with Crippen molar-refractivity contribution in [3.05, 3.63) is 106 Å². The van der Waals surface area contributed by atoms with Crippen LogP contribution >= 0.6 is 23.4 Å². The maximum Gasteiger partial charge on any atom is 0.304 e. The Hall–Kier alpha value is -3.06. The van der Waals surface area contributed by atoms with Crippen molar-refractivity contribution in [1.82, 2.24) is 4.98 Å². The number of hydrogen-bond acceptors (Lipinski definition) is 5. The standard InChI is InChI=1S/C33H34ClNO4S/c34-26-13-10-24-11-14-27(35-30(24)21-26)22-39-28-8-5-7-25(20-28)31(40-19-16-32(36)37)15-12-23-6-1-2-9-29(23)33(38)17-3-4-18-33/h1-2,5-11,13-14,20-21,31,38H,3-4,12,15-19,22H2,(H,36,37). The summed E-state index contributed by atoms with van der Waals surface area (Å²) >= 11 is 7.80. The van der Waals surface area contributed by atoms with Gasteiger partial charge in [-0.1, -0.05) is 73.0 Å². The molecule has 5 nitrogen and oxygen atoms in total. The van der Waals surface area contributed by atoms with Gasteiger partial charge in [-0.15, -0.1) is 0 Å². The van der Waals surface area contributed by atoms with Crippen molar-refractivity contribution in [3.63, 3.8) is 0 Å². The molecule has 0 bridgehead atoms. The zero-order chi connectivity index (χ0) is 28.0. The molecule has 0 radical (unpaired) electrons. The number of nitrogens with zero attached hydrogens (tertiary/aromatic N) is 1. The van der Waals surface area contributed by atoms with Crippen LogP contribution in [0.3, 0.4) is 0 Å². The van der Waals surface area contributed by atoms with Crippen molar-refractivity contribution in [1.29, 1.82) is 0 Å². The molecule has 0 amide bonds. The van der Waals surface area contributed by atoms with Crippen molar-refractivity contribution >= 4 is 40.2 Å². The van der Waals surface area contributed by atoms with Gasteiger partial charge in [0, 0.05) is 21.4 Å². The fourth-order valence-corrected chi connectivity index (χ4v) is 6.88. The van der Waals surface area contributed by atoms with E-state index in [0.29, 0.717) is 17.4 Å². The Kier molecular flexibility index (Phi) is 9.30. The van der Waals surface area contributed by atoms with Crippen molar-refractivity contribution in [2.45, 2.75) is 62.4 Å². The second-order valence-corrected chi connectivity index (χ2v) is 12.2. The van der Waals surface area contributed by atoms with Crippen LogP contribution < -0.4 is 4.74 Å². The second-order valence-electron chi connectivity index (χ2n) is 10.4. The Morgan fingerprint density at radius 1 is 1.02 bits per heavy atom. The lowest BCUT2D eigenvalue weighted by molar-refractivity contribution is -0.136. The van der Waals surface area contributed by atoms with Gasteiger partial charge in [-0.25, -0.2) is 4.98 Å². The molecule has 1 unspecified atom stereocenters. The van der Waals surface area contributed by atoms with Crippen LogP contribution in [0.25, 0.3) is 10.9 Å². The molecule has 1 fully saturated rings. The molecule has 0 saturated heterocycles. The summed E-state index contributed by atoms with van der Waals surface area (Å²) in [6.45, 7) is 0.328. The van der Waals surface area contributed by atoms with Gasteiger partial charge in [0.2, 0.25) is 0 Å². The second kappa shape index (κ2) is 13.1. The van der Waals surface area contributed by atoms with E-state index in [4.69, 9.17) is 16.3 Å². The average Bonchev–Trinajstić information content (AvgIpc) is 3.41. The summed E-state index contributed by atoms with van der Waals surface area (Å²) in [6, 6.07) is 25.9. The molecule has 0 aliphatic heterocycles. The number of fused-ring (bicyclic) bond motifs is 1. The summed E-state index contributed by atoms with van der Waals surface area (Å²) in [4.78, 5) is 15.9. The smallest absolute Gasteiger partial charge is 0.304 e. The maximum atomic E-state index is 11.3. The normalized spacial score (nSPS) is 15.2. The fraction of sp³-hybridized carbons (Fsp3) is 0.333. The lowest BCUT2D eigenvalue weighted by Gasteiger charge is -2.26. The van der Waals surface area contributed by atoms with Gasteiger partial charge in [-0.05, 0) is 72.7 Å². The molecule has 2 N–H and O–H groups in total. The molecule has 1 aliphatic rings. The van der Waals surface area contributed by atoms with E-state index in [-0.39, 0.29) is 11.7 Å². The van der Waals surface area contributed by atoms with Gasteiger partial charge < -0.3 is 14.9 Å². The summed E-state index contributed by atoms with van der Waals surface area (Å²) in [5.74, 6) is 0.483. The Labute approximate surface area is 244 Å².